The first-order valence-corrected chi connectivity index (χ1v) is 8.36. The van der Waals surface area contributed by atoms with Crippen molar-refractivity contribution in [2.75, 3.05) is 6.54 Å². The van der Waals surface area contributed by atoms with E-state index in [9.17, 15) is 0 Å². The van der Waals surface area contributed by atoms with Crippen LogP contribution in [-0.2, 0) is 12.2 Å². The summed E-state index contributed by atoms with van der Waals surface area (Å²) in [7, 11) is 0. The lowest BCUT2D eigenvalue weighted by Gasteiger charge is -2.05. The van der Waals surface area contributed by atoms with Crippen molar-refractivity contribution < 1.29 is 4.52 Å². The molecule has 1 aromatic carbocycles. The SMILES string of the molecule is Cc1cccc(SCc2noc(CCCNC(C)C)n2)c1. The van der Waals surface area contributed by atoms with Crippen LogP contribution in [0.4, 0.5) is 0 Å². The van der Waals surface area contributed by atoms with Crippen molar-refractivity contribution in [2.45, 2.75) is 50.3 Å². The van der Waals surface area contributed by atoms with Crippen LogP contribution in [0.3, 0.4) is 0 Å². The maximum Gasteiger partial charge on any atom is 0.226 e. The molecule has 4 nitrogen and oxygen atoms in total. The number of nitrogens with one attached hydrogen (secondary N) is 1. The van der Waals surface area contributed by atoms with E-state index in [0.29, 0.717) is 6.04 Å². The number of aryl methyl sites for hydroxylation is 2. The summed E-state index contributed by atoms with van der Waals surface area (Å²) in [4.78, 5) is 5.68. The third kappa shape index (κ3) is 5.89. The average molecular weight is 305 g/mol. The lowest BCUT2D eigenvalue weighted by atomic mass is 10.2. The Bertz CT molecular complexity index is 554. The van der Waals surface area contributed by atoms with Crippen LogP contribution in [0.1, 0.15) is 37.5 Å². The molecule has 1 aromatic heterocycles. The second kappa shape index (κ2) is 8.20. The molecule has 21 heavy (non-hydrogen) atoms. The Hall–Kier alpha value is -1.33. The van der Waals surface area contributed by atoms with Crippen molar-refractivity contribution in [3.8, 4) is 0 Å². The molecular weight excluding hydrogens is 282 g/mol. The van der Waals surface area contributed by atoms with Gasteiger partial charge in [-0.2, -0.15) is 4.98 Å². The number of rotatable bonds is 8. The first-order valence-electron chi connectivity index (χ1n) is 7.38. The highest BCUT2D eigenvalue weighted by atomic mass is 32.2. The van der Waals surface area contributed by atoms with Gasteiger partial charge >= 0.3 is 0 Å². The molecule has 0 bridgehead atoms. The molecule has 0 atom stereocenters. The van der Waals surface area contributed by atoms with E-state index in [-0.39, 0.29) is 0 Å². The third-order valence-electron chi connectivity index (χ3n) is 2.99. The second-order valence-corrected chi connectivity index (χ2v) is 6.47. The van der Waals surface area contributed by atoms with Crippen LogP contribution in [0.25, 0.3) is 0 Å². The van der Waals surface area contributed by atoms with Gasteiger partial charge in [-0.3, -0.25) is 0 Å². The van der Waals surface area contributed by atoms with Gasteiger partial charge in [0.2, 0.25) is 5.89 Å². The number of thioether (sulfide) groups is 1. The monoisotopic (exact) mass is 305 g/mol. The van der Waals surface area contributed by atoms with Gasteiger partial charge in [0.15, 0.2) is 5.82 Å². The van der Waals surface area contributed by atoms with Gasteiger partial charge in [-0.15, -0.1) is 11.8 Å². The zero-order valence-corrected chi connectivity index (χ0v) is 13.7. The predicted octanol–water partition coefficient (Wildman–Crippen LogP) is 3.60. The Balaban J connectivity index is 1.75. The minimum atomic E-state index is 0.522. The predicted molar refractivity (Wildman–Crippen MR) is 86.5 cm³/mol. The minimum absolute atomic E-state index is 0.522. The van der Waals surface area contributed by atoms with E-state index in [1.54, 1.807) is 11.8 Å². The molecule has 1 heterocycles. The standard InChI is InChI=1S/C16H23N3OS/c1-12(2)17-9-5-8-16-18-15(19-20-16)11-21-14-7-4-6-13(3)10-14/h4,6-7,10,12,17H,5,8-9,11H2,1-3H3. The zero-order chi connectivity index (χ0) is 15.1. The van der Waals surface area contributed by atoms with Gasteiger partial charge in [0.25, 0.3) is 0 Å². The average Bonchev–Trinajstić information content (AvgIpc) is 2.89. The fourth-order valence-corrected chi connectivity index (χ4v) is 2.79. The summed E-state index contributed by atoms with van der Waals surface area (Å²) < 4.78 is 5.28. The summed E-state index contributed by atoms with van der Waals surface area (Å²) in [6.45, 7) is 7.37. The lowest BCUT2D eigenvalue weighted by Crippen LogP contribution is -2.23. The molecule has 0 unspecified atom stereocenters. The molecule has 114 valence electrons. The summed E-state index contributed by atoms with van der Waals surface area (Å²) in [5.41, 5.74) is 1.27. The van der Waals surface area contributed by atoms with Crippen molar-refractivity contribution in [1.82, 2.24) is 15.5 Å². The van der Waals surface area contributed by atoms with E-state index in [0.717, 1.165) is 36.9 Å². The Labute approximate surface area is 130 Å². The molecule has 1 N–H and O–H groups in total. The lowest BCUT2D eigenvalue weighted by molar-refractivity contribution is 0.370. The highest BCUT2D eigenvalue weighted by molar-refractivity contribution is 7.98. The Kier molecular flexibility index (Phi) is 6.26. The summed E-state index contributed by atoms with van der Waals surface area (Å²) in [5, 5.41) is 7.42. The maximum absolute atomic E-state index is 5.28. The van der Waals surface area contributed by atoms with Crippen LogP contribution in [0.5, 0.6) is 0 Å². The van der Waals surface area contributed by atoms with Gasteiger partial charge in [-0.05, 0) is 32.0 Å². The van der Waals surface area contributed by atoms with E-state index in [1.165, 1.54) is 10.5 Å². The number of nitrogens with zero attached hydrogens (tertiary/aromatic N) is 2. The van der Waals surface area contributed by atoms with E-state index in [1.807, 2.05) is 0 Å². The van der Waals surface area contributed by atoms with E-state index >= 15 is 0 Å². The maximum atomic E-state index is 5.28. The topological polar surface area (TPSA) is 51.0 Å². The van der Waals surface area contributed by atoms with Crippen molar-refractivity contribution in [3.05, 3.63) is 41.5 Å². The van der Waals surface area contributed by atoms with Gasteiger partial charge in [0.05, 0.1) is 5.75 Å². The second-order valence-electron chi connectivity index (χ2n) is 5.42. The van der Waals surface area contributed by atoms with Gasteiger partial charge in [-0.1, -0.05) is 36.7 Å². The summed E-state index contributed by atoms with van der Waals surface area (Å²) in [5.74, 6) is 2.26. The van der Waals surface area contributed by atoms with Crippen LogP contribution < -0.4 is 5.32 Å². The van der Waals surface area contributed by atoms with Crippen LogP contribution >= 0.6 is 11.8 Å². The van der Waals surface area contributed by atoms with Crippen molar-refractivity contribution in [3.63, 3.8) is 0 Å². The molecule has 2 aromatic rings. The van der Waals surface area contributed by atoms with Gasteiger partial charge < -0.3 is 9.84 Å². The van der Waals surface area contributed by atoms with E-state index < -0.39 is 0 Å². The highest BCUT2D eigenvalue weighted by Crippen LogP contribution is 2.22. The van der Waals surface area contributed by atoms with E-state index in [2.05, 4.69) is 60.5 Å². The first-order chi connectivity index (χ1) is 10.1. The van der Waals surface area contributed by atoms with Crippen molar-refractivity contribution >= 4 is 11.8 Å². The summed E-state index contributed by atoms with van der Waals surface area (Å²) >= 11 is 1.74. The largest absolute Gasteiger partial charge is 0.339 e. The number of hydrogen-bond donors (Lipinski definition) is 1. The van der Waals surface area contributed by atoms with Gasteiger partial charge in [0, 0.05) is 17.4 Å². The third-order valence-corrected chi connectivity index (χ3v) is 3.98. The summed E-state index contributed by atoms with van der Waals surface area (Å²) in [6.07, 6.45) is 1.85. The van der Waals surface area contributed by atoms with Gasteiger partial charge in [-0.25, -0.2) is 0 Å². The Morgan fingerprint density at radius 3 is 2.95 bits per heavy atom. The highest BCUT2D eigenvalue weighted by Gasteiger charge is 2.07. The molecule has 0 amide bonds. The Morgan fingerprint density at radius 2 is 2.19 bits per heavy atom. The molecule has 0 fully saturated rings. The zero-order valence-electron chi connectivity index (χ0n) is 12.9. The fraction of sp³-hybridized carbons (Fsp3) is 0.500. The molecule has 0 spiro atoms. The first kappa shape index (κ1) is 16.0. The molecule has 0 saturated carbocycles. The van der Waals surface area contributed by atoms with Crippen LogP contribution in [0, 0.1) is 6.92 Å². The van der Waals surface area contributed by atoms with Crippen LogP contribution in [-0.4, -0.2) is 22.7 Å². The molecule has 0 radical (unpaired) electrons. The Morgan fingerprint density at radius 1 is 1.33 bits per heavy atom. The number of hydrogen-bond acceptors (Lipinski definition) is 5. The van der Waals surface area contributed by atoms with Crippen LogP contribution in [0.2, 0.25) is 0 Å². The normalized spacial score (nSPS) is 11.2. The molecule has 0 aliphatic heterocycles. The quantitative estimate of drug-likeness (QED) is 0.596. The van der Waals surface area contributed by atoms with Crippen molar-refractivity contribution in [2.24, 2.45) is 0 Å². The fourth-order valence-electron chi connectivity index (χ4n) is 1.93. The number of benzene rings is 1. The number of aromatic nitrogens is 2. The van der Waals surface area contributed by atoms with Gasteiger partial charge in [0.1, 0.15) is 0 Å². The molecule has 2 rings (SSSR count). The molecule has 5 heteroatoms. The molecule has 0 saturated heterocycles. The molecule has 0 aliphatic rings. The minimum Gasteiger partial charge on any atom is -0.339 e. The van der Waals surface area contributed by atoms with Crippen LogP contribution in [0.15, 0.2) is 33.7 Å². The summed E-state index contributed by atoms with van der Waals surface area (Å²) in [6, 6.07) is 8.97. The molecule has 0 aliphatic carbocycles. The van der Waals surface area contributed by atoms with Crippen molar-refractivity contribution in [1.29, 1.82) is 0 Å². The molecular formula is C16H23N3OS. The smallest absolute Gasteiger partial charge is 0.226 e. The van der Waals surface area contributed by atoms with E-state index in [4.69, 9.17) is 4.52 Å².